The summed E-state index contributed by atoms with van der Waals surface area (Å²) in [6.07, 6.45) is 1.74. The van der Waals surface area contributed by atoms with Crippen molar-refractivity contribution in [2.75, 3.05) is 12.4 Å². The van der Waals surface area contributed by atoms with Crippen LogP contribution < -0.4 is 5.32 Å². The zero-order valence-corrected chi connectivity index (χ0v) is 8.73. The van der Waals surface area contributed by atoms with Crippen LogP contribution in [0.2, 0.25) is 0 Å². The van der Waals surface area contributed by atoms with Crippen molar-refractivity contribution in [1.82, 2.24) is 0 Å². The van der Waals surface area contributed by atoms with E-state index in [0.717, 1.165) is 18.5 Å². The molecule has 78 valence electrons. The van der Waals surface area contributed by atoms with Crippen molar-refractivity contribution >= 4 is 5.69 Å². The van der Waals surface area contributed by atoms with E-state index in [1.165, 1.54) is 0 Å². The summed E-state index contributed by atoms with van der Waals surface area (Å²) in [6, 6.07) is 12.2. The number of anilines is 1. The summed E-state index contributed by atoms with van der Waals surface area (Å²) in [6.45, 7) is 0. The van der Waals surface area contributed by atoms with E-state index in [2.05, 4.69) is 11.4 Å². The van der Waals surface area contributed by atoms with Gasteiger partial charge in [-0.25, -0.2) is 0 Å². The number of ether oxygens (including phenoxy) is 1. The van der Waals surface area contributed by atoms with Crippen LogP contribution in [0.15, 0.2) is 30.3 Å². The molecule has 3 heteroatoms. The van der Waals surface area contributed by atoms with Crippen molar-refractivity contribution in [3.05, 3.63) is 30.3 Å². The second kappa shape index (κ2) is 3.92. The van der Waals surface area contributed by atoms with Crippen LogP contribution in [0, 0.1) is 11.3 Å². The van der Waals surface area contributed by atoms with Crippen molar-refractivity contribution in [3.8, 4) is 6.07 Å². The smallest absolute Gasteiger partial charge is 0.130 e. The Morgan fingerprint density at radius 1 is 1.40 bits per heavy atom. The number of nitriles is 1. The Kier molecular flexibility index (Phi) is 2.61. The number of hydrogen-bond acceptors (Lipinski definition) is 3. The van der Waals surface area contributed by atoms with E-state index in [1.807, 2.05) is 30.3 Å². The van der Waals surface area contributed by atoms with Crippen LogP contribution in [-0.4, -0.2) is 18.8 Å². The largest absolute Gasteiger partial charge is 0.381 e. The predicted octanol–water partition coefficient (Wildman–Crippen LogP) is 2.17. The van der Waals surface area contributed by atoms with Gasteiger partial charge in [0.1, 0.15) is 5.54 Å². The van der Waals surface area contributed by atoms with Gasteiger partial charge in [0.2, 0.25) is 0 Å². The fourth-order valence-corrected chi connectivity index (χ4v) is 1.90. The second-order valence-corrected chi connectivity index (χ2v) is 3.95. The number of rotatable bonds is 3. The fraction of sp³-hybridized carbons (Fsp3) is 0.417. The summed E-state index contributed by atoms with van der Waals surface area (Å²) in [5.41, 5.74) is 0.566. The van der Waals surface area contributed by atoms with Crippen LogP contribution in [0.1, 0.15) is 12.8 Å². The van der Waals surface area contributed by atoms with Gasteiger partial charge in [0.05, 0.1) is 12.2 Å². The number of nitrogens with one attached hydrogen (secondary N) is 1. The van der Waals surface area contributed by atoms with Crippen LogP contribution in [0.3, 0.4) is 0 Å². The van der Waals surface area contributed by atoms with Gasteiger partial charge < -0.3 is 10.1 Å². The molecule has 3 nitrogen and oxygen atoms in total. The molecule has 0 atom stereocenters. The molecule has 0 bridgehead atoms. The average molecular weight is 202 g/mol. The molecule has 1 saturated carbocycles. The third-order valence-corrected chi connectivity index (χ3v) is 2.86. The van der Waals surface area contributed by atoms with E-state index in [9.17, 15) is 0 Å². The first kappa shape index (κ1) is 10.0. The summed E-state index contributed by atoms with van der Waals surface area (Å²) >= 11 is 0. The molecule has 15 heavy (non-hydrogen) atoms. The van der Waals surface area contributed by atoms with E-state index in [1.54, 1.807) is 7.11 Å². The Labute approximate surface area is 89.7 Å². The van der Waals surface area contributed by atoms with E-state index >= 15 is 0 Å². The van der Waals surface area contributed by atoms with Gasteiger partial charge in [-0.3, -0.25) is 0 Å². The topological polar surface area (TPSA) is 45.0 Å². The van der Waals surface area contributed by atoms with Gasteiger partial charge in [0, 0.05) is 25.6 Å². The molecule has 0 unspecified atom stereocenters. The zero-order valence-electron chi connectivity index (χ0n) is 8.73. The maximum Gasteiger partial charge on any atom is 0.130 e. The monoisotopic (exact) mass is 202 g/mol. The quantitative estimate of drug-likeness (QED) is 0.817. The van der Waals surface area contributed by atoms with Crippen LogP contribution >= 0.6 is 0 Å². The first-order valence-corrected chi connectivity index (χ1v) is 5.05. The molecule has 0 amide bonds. The highest BCUT2D eigenvalue weighted by Crippen LogP contribution is 2.36. The van der Waals surface area contributed by atoms with Crippen LogP contribution in [0.5, 0.6) is 0 Å². The van der Waals surface area contributed by atoms with Gasteiger partial charge in [-0.05, 0) is 12.1 Å². The minimum atomic E-state index is -0.429. The second-order valence-electron chi connectivity index (χ2n) is 3.95. The predicted molar refractivity (Wildman–Crippen MR) is 58.4 cm³/mol. The molecule has 1 aliphatic carbocycles. The number of methoxy groups -OCH3 is 1. The Balaban J connectivity index is 2.03. The Morgan fingerprint density at radius 2 is 2.07 bits per heavy atom. The van der Waals surface area contributed by atoms with Crippen molar-refractivity contribution < 1.29 is 4.74 Å². The van der Waals surface area contributed by atoms with Gasteiger partial charge in [0.15, 0.2) is 0 Å². The summed E-state index contributed by atoms with van der Waals surface area (Å²) in [5.74, 6) is 0. The Hall–Kier alpha value is -1.53. The number of benzene rings is 1. The summed E-state index contributed by atoms with van der Waals surface area (Å²) < 4.78 is 5.19. The Bertz CT molecular complexity index is 363. The van der Waals surface area contributed by atoms with Crippen molar-refractivity contribution in [1.29, 1.82) is 5.26 Å². The molecule has 1 aromatic rings. The number of hydrogen-bond donors (Lipinski definition) is 1. The van der Waals surface area contributed by atoms with Crippen LogP contribution in [-0.2, 0) is 4.74 Å². The van der Waals surface area contributed by atoms with Crippen molar-refractivity contribution in [2.24, 2.45) is 0 Å². The fourth-order valence-electron chi connectivity index (χ4n) is 1.90. The maximum absolute atomic E-state index is 9.14. The van der Waals surface area contributed by atoms with Gasteiger partial charge in [-0.2, -0.15) is 5.26 Å². The lowest BCUT2D eigenvalue weighted by atomic mass is 9.75. The lowest BCUT2D eigenvalue weighted by Gasteiger charge is -2.42. The summed E-state index contributed by atoms with van der Waals surface area (Å²) in [7, 11) is 1.69. The standard InChI is InChI=1S/C12H14N2O/c1-15-11-7-12(8-11,9-13)14-10-5-3-2-4-6-10/h2-6,11,14H,7-8H2,1H3. The normalized spacial score (nSPS) is 28.9. The molecular weight excluding hydrogens is 188 g/mol. The van der Waals surface area contributed by atoms with E-state index in [4.69, 9.17) is 10.00 Å². The molecule has 0 spiro atoms. The van der Waals surface area contributed by atoms with Crippen LogP contribution in [0.4, 0.5) is 5.69 Å². The lowest BCUT2D eigenvalue weighted by Crippen LogP contribution is -2.52. The third kappa shape index (κ3) is 1.95. The molecular formula is C12H14N2O. The SMILES string of the molecule is COC1CC(C#N)(Nc2ccccc2)C1. The molecule has 0 aromatic heterocycles. The highest BCUT2D eigenvalue weighted by atomic mass is 16.5. The molecule has 1 aliphatic rings. The molecule has 2 rings (SSSR count). The van der Waals surface area contributed by atoms with E-state index < -0.39 is 5.54 Å². The lowest BCUT2D eigenvalue weighted by molar-refractivity contribution is 0.0129. The molecule has 1 aromatic carbocycles. The molecule has 0 radical (unpaired) electrons. The molecule has 1 N–H and O–H groups in total. The van der Waals surface area contributed by atoms with Crippen molar-refractivity contribution in [2.45, 2.75) is 24.5 Å². The van der Waals surface area contributed by atoms with Gasteiger partial charge in [-0.1, -0.05) is 18.2 Å². The first-order valence-electron chi connectivity index (χ1n) is 5.05. The minimum absolute atomic E-state index is 0.223. The summed E-state index contributed by atoms with van der Waals surface area (Å²) in [4.78, 5) is 0. The summed E-state index contributed by atoms with van der Waals surface area (Å²) in [5, 5.41) is 12.4. The van der Waals surface area contributed by atoms with Gasteiger partial charge in [-0.15, -0.1) is 0 Å². The highest BCUT2D eigenvalue weighted by molar-refractivity contribution is 5.48. The molecule has 0 saturated heterocycles. The minimum Gasteiger partial charge on any atom is -0.381 e. The maximum atomic E-state index is 9.14. The third-order valence-electron chi connectivity index (χ3n) is 2.86. The van der Waals surface area contributed by atoms with E-state index in [-0.39, 0.29) is 6.10 Å². The molecule has 1 fully saturated rings. The first-order chi connectivity index (χ1) is 7.28. The average Bonchev–Trinajstić information content (AvgIpc) is 2.24. The molecule has 0 aliphatic heterocycles. The van der Waals surface area contributed by atoms with Crippen molar-refractivity contribution in [3.63, 3.8) is 0 Å². The van der Waals surface area contributed by atoms with Gasteiger partial charge >= 0.3 is 0 Å². The highest BCUT2D eigenvalue weighted by Gasteiger charge is 2.45. The van der Waals surface area contributed by atoms with E-state index in [0.29, 0.717) is 0 Å². The Morgan fingerprint density at radius 3 is 2.60 bits per heavy atom. The zero-order chi connectivity index (χ0) is 10.7. The van der Waals surface area contributed by atoms with Crippen LogP contribution in [0.25, 0.3) is 0 Å². The number of para-hydroxylation sites is 1. The van der Waals surface area contributed by atoms with Gasteiger partial charge in [0.25, 0.3) is 0 Å². The molecule has 0 heterocycles. The number of nitrogens with zero attached hydrogens (tertiary/aromatic N) is 1.